The van der Waals surface area contributed by atoms with Crippen LogP contribution in [0.4, 0.5) is 10.1 Å². The van der Waals surface area contributed by atoms with Crippen molar-refractivity contribution in [3.8, 4) is 0 Å². The largest absolute Gasteiger partial charge is 0.367 e. The molecule has 2 aliphatic carbocycles. The molecule has 5 heteroatoms. The summed E-state index contributed by atoms with van der Waals surface area (Å²) < 4.78 is 17.1. The Kier molecular flexibility index (Phi) is 2.77. The standard InChI is InChI=1S/C19H22FN3O/c1-11-17-13(15(24)4-7-23(17)12-2-3-12)8-14(20)18(11)22-9-16(21)19(10-22)5-6-19/h4,7-8,12,16H,2-3,5-6,9-10,21H2,1H3/t16-/m1/s1. The van der Waals surface area contributed by atoms with Gasteiger partial charge in [-0.2, -0.15) is 0 Å². The van der Waals surface area contributed by atoms with Crippen LogP contribution in [0.5, 0.6) is 0 Å². The van der Waals surface area contributed by atoms with Crippen LogP contribution in [0.25, 0.3) is 10.9 Å². The number of halogens is 1. The van der Waals surface area contributed by atoms with Gasteiger partial charge in [0.15, 0.2) is 5.43 Å². The molecule has 1 aliphatic heterocycles. The molecule has 1 aromatic carbocycles. The highest BCUT2D eigenvalue weighted by molar-refractivity contribution is 5.88. The number of pyridine rings is 1. The van der Waals surface area contributed by atoms with Crippen molar-refractivity contribution in [1.29, 1.82) is 0 Å². The number of benzene rings is 1. The van der Waals surface area contributed by atoms with Crippen LogP contribution in [0.1, 0.15) is 37.3 Å². The first-order valence-corrected chi connectivity index (χ1v) is 8.85. The van der Waals surface area contributed by atoms with E-state index in [1.807, 2.05) is 13.1 Å². The Balaban J connectivity index is 1.72. The van der Waals surface area contributed by atoms with E-state index < -0.39 is 0 Å². The van der Waals surface area contributed by atoms with E-state index in [0.29, 0.717) is 23.7 Å². The highest BCUT2D eigenvalue weighted by Crippen LogP contribution is 2.53. The summed E-state index contributed by atoms with van der Waals surface area (Å²) in [5.41, 5.74) is 8.81. The van der Waals surface area contributed by atoms with E-state index in [1.165, 1.54) is 6.07 Å². The first-order chi connectivity index (χ1) is 11.5. The van der Waals surface area contributed by atoms with Crippen molar-refractivity contribution < 1.29 is 4.39 Å². The molecule has 1 saturated heterocycles. The molecule has 2 heterocycles. The van der Waals surface area contributed by atoms with Crippen LogP contribution in [0.15, 0.2) is 23.1 Å². The van der Waals surface area contributed by atoms with E-state index in [2.05, 4.69) is 9.47 Å². The Morgan fingerprint density at radius 1 is 1.33 bits per heavy atom. The van der Waals surface area contributed by atoms with Crippen molar-refractivity contribution in [1.82, 2.24) is 4.57 Å². The summed E-state index contributed by atoms with van der Waals surface area (Å²) in [5.74, 6) is -0.296. The van der Waals surface area contributed by atoms with E-state index in [4.69, 9.17) is 5.73 Å². The van der Waals surface area contributed by atoms with E-state index in [-0.39, 0.29) is 22.7 Å². The van der Waals surface area contributed by atoms with Gasteiger partial charge in [0.25, 0.3) is 0 Å². The lowest BCUT2D eigenvalue weighted by Crippen LogP contribution is -2.30. The summed E-state index contributed by atoms with van der Waals surface area (Å²) in [6, 6.07) is 3.56. The van der Waals surface area contributed by atoms with Gasteiger partial charge in [-0.05, 0) is 44.2 Å². The first kappa shape index (κ1) is 14.5. The molecule has 2 saturated carbocycles. The van der Waals surface area contributed by atoms with Crippen LogP contribution < -0.4 is 16.1 Å². The zero-order chi connectivity index (χ0) is 16.6. The molecule has 0 unspecified atom stereocenters. The van der Waals surface area contributed by atoms with Gasteiger partial charge in [-0.15, -0.1) is 0 Å². The Morgan fingerprint density at radius 3 is 2.71 bits per heavy atom. The van der Waals surface area contributed by atoms with Crippen molar-refractivity contribution in [2.75, 3.05) is 18.0 Å². The van der Waals surface area contributed by atoms with Crippen molar-refractivity contribution >= 4 is 16.6 Å². The van der Waals surface area contributed by atoms with Crippen LogP contribution in [0, 0.1) is 18.2 Å². The third-order valence-electron chi connectivity index (χ3n) is 6.23. The van der Waals surface area contributed by atoms with E-state index in [9.17, 15) is 9.18 Å². The second kappa shape index (κ2) is 4.60. The SMILES string of the molecule is Cc1c(N2C[C@@H](N)C3(CC3)C2)c(F)cc2c(=O)ccn(C3CC3)c12. The van der Waals surface area contributed by atoms with Crippen LogP contribution in [0.3, 0.4) is 0 Å². The normalized spacial score (nSPS) is 25.0. The maximum atomic E-state index is 14.9. The van der Waals surface area contributed by atoms with E-state index in [1.54, 1.807) is 6.07 Å². The van der Waals surface area contributed by atoms with Gasteiger partial charge in [-0.3, -0.25) is 4.79 Å². The van der Waals surface area contributed by atoms with E-state index in [0.717, 1.165) is 43.3 Å². The minimum Gasteiger partial charge on any atom is -0.367 e. The predicted octanol–water partition coefficient (Wildman–Crippen LogP) is 2.71. The molecule has 24 heavy (non-hydrogen) atoms. The smallest absolute Gasteiger partial charge is 0.189 e. The number of nitrogens with zero attached hydrogens (tertiary/aromatic N) is 2. The van der Waals surface area contributed by atoms with Gasteiger partial charge in [0.05, 0.1) is 11.2 Å². The number of anilines is 1. The molecule has 0 radical (unpaired) electrons. The molecule has 1 atom stereocenters. The topological polar surface area (TPSA) is 51.3 Å². The van der Waals surface area contributed by atoms with Gasteiger partial charge in [0.2, 0.25) is 0 Å². The number of hydrogen-bond donors (Lipinski definition) is 1. The zero-order valence-corrected chi connectivity index (χ0v) is 13.9. The number of rotatable bonds is 2. The number of aryl methyl sites for hydroxylation is 1. The number of aromatic nitrogens is 1. The fourth-order valence-corrected chi connectivity index (χ4v) is 4.49. The summed E-state index contributed by atoms with van der Waals surface area (Å²) in [6.07, 6.45) is 6.41. The molecule has 1 aromatic heterocycles. The van der Waals surface area contributed by atoms with Gasteiger partial charge < -0.3 is 15.2 Å². The number of hydrogen-bond acceptors (Lipinski definition) is 3. The van der Waals surface area contributed by atoms with E-state index >= 15 is 0 Å². The van der Waals surface area contributed by atoms with Gasteiger partial charge in [-0.25, -0.2) is 4.39 Å². The van der Waals surface area contributed by atoms with Crippen molar-refractivity contribution in [3.05, 3.63) is 39.9 Å². The van der Waals surface area contributed by atoms with Crippen molar-refractivity contribution in [2.45, 2.75) is 44.7 Å². The second-order valence-electron chi connectivity index (χ2n) is 7.90. The van der Waals surface area contributed by atoms with Crippen LogP contribution in [-0.4, -0.2) is 23.7 Å². The Bertz CT molecular complexity index is 911. The molecule has 3 fully saturated rings. The molecule has 0 bridgehead atoms. The molecular formula is C19H22FN3O. The third kappa shape index (κ3) is 1.91. The fraction of sp³-hybridized carbons (Fsp3) is 0.526. The molecule has 2 aromatic rings. The molecule has 126 valence electrons. The number of fused-ring (bicyclic) bond motifs is 1. The maximum Gasteiger partial charge on any atom is 0.189 e. The second-order valence-corrected chi connectivity index (χ2v) is 7.90. The summed E-state index contributed by atoms with van der Waals surface area (Å²) in [7, 11) is 0. The molecule has 3 aliphatic rings. The Morgan fingerprint density at radius 2 is 2.08 bits per heavy atom. The van der Waals surface area contributed by atoms with Crippen LogP contribution in [0.2, 0.25) is 0 Å². The minimum absolute atomic E-state index is 0.104. The van der Waals surface area contributed by atoms with Crippen LogP contribution >= 0.6 is 0 Å². The summed E-state index contributed by atoms with van der Waals surface area (Å²) in [5, 5.41) is 0.493. The molecule has 2 N–H and O–H groups in total. The van der Waals surface area contributed by atoms with Gasteiger partial charge in [0, 0.05) is 48.2 Å². The summed E-state index contributed by atoms with van der Waals surface area (Å²) in [6.45, 7) is 3.48. The third-order valence-corrected chi connectivity index (χ3v) is 6.23. The predicted molar refractivity (Wildman–Crippen MR) is 93.0 cm³/mol. The zero-order valence-electron chi connectivity index (χ0n) is 13.9. The van der Waals surface area contributed by atoms with Crippen LogP contribution in [-0.2, 0) is 0 Å². The van der Waals surface area contributed by atoms with Gasteiger partial charge in [0.1, 0.15) is 5.82 Å². The highest BCUT2D eigenvalue weighted by Gasteiger charge is 2.54. The lowest BCUT2D eigenvalue weighted by Gasteiger charge is -2.24. The first-order valence-electron chi connectivity index (χ1n) is 8.85. The average Bonchev–Trinajstić information content (AvgIpc) is 3.41. The molecular weight excluding hydrogens is 305 g/mol. The van der Waals surface area contributed by atoms with Gasteiger partial charge >= 0.3 is 0 Å². The quantitative estimate of drug-likeness (QED) is 0.923. The lowest BCUT2D eigenvalue weighted by molar-refractivity contribution is 0.499. The fourth-order valence-electron chi connectivity index (χ4n) is 4.49. The molecule has 4 nitrogen and oxygen atoms in total. The lowest BCUT2D eigenvalue weighted by atomic mass is 10.0. The Hall–Kier alpha value is -1.88. The average molecular weight is 327 g/mol. The summed E-state index contributed by atoms with van der Waals surface area (Å²) >= 11 is 0. The van der Waals surface area contributed by atoms with Crippen molar-refractivity contribution in [2.24, 2.45) is 11.1 Å². The van der Waals surface area contributed by atoms with Crippen molar-refractivity contribution in [3.63, 3.8) is 0 Å². The number of nitrogens with two attached hydrogens (primary N) is 1. The van der Waals surface area contributed by atoms with Gasteiger partial charge in [-0.1, -0.05) is 0 Å². The highest BCUT2D eigenvalue weighted by atomic mass is 19.1. The molecule has 1 spiro atoms. The molecule has 5 rings (SSSR count). The monoisotopic (exact) mass is 327 g/mol. The Labute approximate surface area is 140 Å². The minimum atomic E-state index is -0.296. The maximum absolute atomic E-state index is 14.9. The summed E-state index contributed by atoms with van der Waals surface area (Å²) in [4.78, 5) is 14.4. The molecule has 0 amide bonds.